The molecule has 2 aromatic rings. The van der Waals surface area contributed by atoms with Gasteiger partial charge in [0, 0.05) is 12.2 Å². The Morgan fingerprint density at radius 1 is 1.00 bits per heavy atom. The van der Waals surface area contributed by atoms with Gasteiger partial charge in [0.05, 0.1) is 5.60 Å². The van der Waals surface area contributed by atoms with Gasteiger partial charge in [-0.1, -0.05) is 44.2 Å². The zero-order valence-electron chi connectivity index (χ0n) is 12.8. The van der Waals surface area contributed by atoms with Crippen LogP contribution in [0.1, 0.15) is 37.8 Å². The quantitative estimate of drug-likeness (QED) is 0.734. The largest absolute Gasteiger partial charge is 0.388 e. The van der Waals surface area contributed by atoms with Gasteiger partial charge >= 0.3 is 0 Å². The fourth-order valence-electron chi connectivity index (χ4n) is 3.02. The number of hydrogen-bond donors (Lipinski definition) is 2. The van der Waals surface area contributed by atoms with Crippen molar-refractivity contribution in [3.8, 4) is 11.1 Å². The maximum absolute atomic E-state index is 10.4. The fourth-order valence-corrected chi connectivity index (χ4v) is 3.02. The molecule has 0 fully saturated rings. The van der Waals surface area contributed by atoms with Crippen molar-refractivity contribution in [2.45, 2.75) is 38.7 Å². The minimum absolute atomic E-state index is 0.603. The summed E-state index contributed by atoms with van der Waals surface area (Å²) in [4.78, 5) is 0. The molecule has 1 aliphatic rings. The van der Waals surface area contributed by atoms with Crippen LogP contribution in [0.3, 0.4) is 0 Å². The van der Waals surface area contributed by atoms with Crippen molar-refractivity contribution in [3.05, 3.63) is 53.6 Å². The highest BCUT2D eigenvalue weighted by Gasteiger charge is 2.22. The Balaban J connectivity index is 1.78. The van der Waals surface area contributed by atoms with Crippen LogP contribution < -0.4 is 5.32 Å². The minimum atomic E-state index is -0.609. The van der Waals surface area contributed by atoms with Crippen LogP contribution in [-0.2, 0) is 6.42 Å². The predicted molar refractivity (Wildman–Crippen MR) is 88.7 cm³/mol. The molecule has 2 nitrogen and oxygen atoms in total. The number of fused-ring (bicyclic) bond motifs is 3. The van der Waals surface area contributed by atoms with Crippen LogP contribution in [0, 0.1) is 0 Å². The monoisotopic (exact) mass is 281 g/mol. The summed E-state index contributed by atoms with van der Waals surface area (Å²) in [5.41, 5.74) is 5.97. The number of anilines is 1. The molecule has 110 valence electrons. The number of aliphatic hydroxyl groups is 1. The lowest BCUT2D eigenvalue weighted by molar-refractivity contribution is 0.0457. The van der Waals surface area contributed by atoms with E-state index in [0.29, 0.717) is 6.54 Å². The van der Waals surface area contributed by atoms with Crippen LogP contribution in [0.5, 0.6) is 0 Å². The molecule has 0 aliphatic heterocycles. The number of benzene rings is 2. The average Bonchev–Trinajstić information content (AvgIpc) is 2.90. The van der Waals surface area contributed by atoms with Gasteiger partial charge in [-0.15, -0.1) is 0 Å². The Hall–Kier alpha value is -1.80. The van der Waals surface area contributed by atoms with E-state index < -0.39 is 5.60 Å². The summed E-state index contributed by atoms with van der Waals surface area (Å²) >= 11 is 0. The van der Waals surface area contributed by atoms with Crippen molar-refractivity contribution in [2.24, 2.45) is 0 Å². The molecule has 0 bridgehead atoms. The molecule has 1 aliphatic carbocycles. The second kappa shape index (κ2) is 5.53. The minimum Gasteiger partial charge on any atom is -0.388 e. The van der Waals surface area contributed by atoms with E-state index in [2.05, 4.69) is 47.8 Å². The Morgan fingerprint density at radius 2 is 1.71 bits per heavy atom. The molecule has 2 N–H and O–H groups in total. The molecule has 21 heavy (non-hydrogen) atoms. The van der Waals surface area contributed by atoms with E-state index in [4.69, 9.17) is 0 Å². The maximum atomic E-state index is 10.4. The molecule has 2 aromatic carbocycles. The van der Waals surface area contributed by atoms with E-state index in [1.165, 1.54) is 22.3 Å². The summed E-state index contributed by atoms with van der Waals surface area (Å²) in [6.45, 7) is 4.67. The van der Waals surface area contributed by atoms with Crippen molar-refractivity contribution in [3.63, 3.8) is 0 Å². The van der Waals surface area contributed by atoms with E-state index in [1.807, 2.05) is 13.8 Å². The highest BCUT2D eigenvalue weighted by molar-refractivity contribution is 5.78. The zero-order valence-corrected chi connectivity index (χ0v) is 12.8. The first kappa shape index (κ1) is 14.2. The molecule has 2 heteroatoms. The Labute approximate surface area is 126 Å². The van der Waals surface area contributed by atoms with Gasteiger partial charge in [0.25, 0.3) is 0 Å². The fraction of sp³-hybridized carbons (Fsp3) is 0.368. The molecule has 0 atom stereocenters. The lowest BCUT2D eigenvalue weighted by Gasteiger charge is -2.26. The Morgan fingerprint density at radius 3 is 2.48 bits per heavy atom. The van der Waals surface area contributed by atoms with E-state index >= 15 is 0 Å². The van der Waals surface area contributed by atoms with Crippen LogP contribution in [0.4, 0.5) is 5.69 Å². The molecular formula is C19H23NO. The first-order valence-corrected chi connectivity index (χ1v) is 7.82. The second-order valence-electron chi connectivity index (χ2n) is 5.99. The summed E-state index contributed by atoms with van der Waals surface area (Å²) < 4.78 is 0. The topological polar surface area (TPSA) is 32.3 Å². The summed E-state index contributed by atoms with van der Waals surface area (Å²) in [5.74, 6) is 0. The molecule has 0 spiro atoms. The van der Waals surface area contributed by atoms with Gasteiger partial charge in [0.15, 0.2) is 0 Å². The molecule has 0 radical (unpaired) electrons. The molecule has 3 rings (SSSR count). The lowest BCUT2D eigenvalue weighted by atomic mass is 9.97. The predicted octanol–water partition coefficient (Wildman–Crippen LogP) is 4.22. The Kier molecular flexibility index (Phi) is 3.73. The van der Waals surface area contributed by atoms with E-state index in [9.17, 15) is 5.11 Å². The maximum Gasteiger partial charge on any atom is 0.0814 e. The third-order valence-electron chi connectivity index (χ3n) is 4.73. The van der Waals surface area contributed by atoms with Gasteiger partial charge in [-0.25, -0.2) is 0 Å². The van der Waals surface area contributed by atoms with Crippen molar-refractivity contribution in [1.29, 1.82) is 0 Å². The standard InChI is InChI=1S/C19H23NO/c1-3-19(21,4-2)13-20-16-9-10-18-15(12-16)11-14-7-5-6-8-17(14)18/h5-10,12,20-21H,3-4,11,13H2,1-2H3. The van der Waals surface area contributed by atoms with Gasteiger partial charge in [0.1, 0.15) is 0 Å². The molecule has 0 unspecified atom stereocenters. The van der Waals surface area contributed by atoms with E-state index in [0.717, 1.165) is 24.9 Å². The molecule has 0 saturated carbocycles. The summed E-state index contributed by atoms with van der Waals surface area (Å²) in [6, 6.07) is 15.1. The second-order valence-corrected chi connectivity index (χ2v) is 5.99. The SMILES string of the molecule is CCC(O)(CC)CNc1ccc2c(c1)Cc1ccccc1-2. The molecular weight excluding hydrogens is 258 g/mol. The number of hydrogen-bond acceptors (Lipinski definition) is 2. The van der Waals surface area contributed by atoms with Gasteiger partial charge in [-0.05, 0) is 53.6 Å². The van der Waals surface area contributed by atoms with Gasteiger partial charge in [0.2, 0.25) is 0 Å². The van der Waals surface area contributed by atoms with Crippen molar-refractivity contribution >= 4 is 5.69 Å². The highest BCUT2D eigenvalue weighted by atomic mass is 16.3. The van der Waals surface area contributed by atoms with E-state index in [1.54, 1.807) is 0 Å². The van der Waals surface area contributed by atoms with Crippen LogP contribution in [0.25, 0.3) is 11.1 Å². The van der Waals surface area contributed by atoms with Crippen molar-refractivity contribution in [2.75, 3.05) is 11.9 Å². The first-order chi connectivity index (χ1) is 10.1. The molecule has 0 saturated heterocycles. The third kappa shape index (κ3) is 2.68. The van der Waals surface area contributed by atoms with E-state index in [-0.39, 0.29) is 0 Å². The number of nitrogens with one attached hydrogen (secondary N) is 1. The van der Waals surface area contributed by atoms with Crippen molar-refractivity contribution in [1.82, 2.24) is 0 Å². The van der Waals surface area contributed by atoms with Crippen LogP contribution in [-0.4, -0.2) is 17.3 Å². The van der Waals surface area contributed by atoms with Gasteiger partial charge in [-0.3, -0.25) is 0 Å². The molecule has 0 aromatic heterocycles. The lowest BCUT2D eigenvalue weighted by Crippen LogP contribution is -2.35. The number of rotatable bonds is 5. The zero-order chi connectivity index (χ0) is 14.9. The first-order valence-electron chi connectivity index (χ1n) is 7.82. The van der Waals surface area contributed by atoms with Crippen molar-refractivity contribution < 1.29 is 5.11 Å². The summed E-state index contributed by atoms with van der Waals surface area (Å²) in [5, 5.41) is 13.8. The molecule has 0 amide bonds. The van der Waals surface area contributed by atoms with Gasteiger partial charge < -0.3 is 10.4 Å². The average molecular weight is 281 g/mol. The summed E-state index contributed by atoms with van der Waals surface area (Å²) in [7, 11) is 0. The van der Waals surface area contributed by atoms with Crippen LogP contribution in [0.2, 0.25) is 0 Å². The molecule has 0 heterocycles. The Bertz CT molecular complexity index is 644. The van der Waals surface area contributed by atoms with Crippen LogP contribution >= 0.6 is 0 Å². The third-order valence-corrected chi connectivity index (χ3v) is 4.73. The normalized spacial score (nSPS) is 12.9. The van der Waals surface area contributed by atoms with Gasteiger partial charge in [-0.2, -0.15) is 0 Å². The summed E-state index contributed by atoms with van der Waals surface area (Å²) in [6.07, 6.45) is 2.55. The smallest absolute Gasteiger partial charge is 0.0814 e. The highest BCUT2D eigenvalue weighted by Crippen LogP contribution is 2.37. The van der Waals surface area contributed by atoms with Crippen LogP contribution in [0.15, 0.2) is 42.5 Å².